The highest BCUT2D eigenvalue weighted by molar-refractivity contribution is 5.93. The zero-order valence-electron chi connectivity index (χ0n) is 12.3. The van der Waals surface area contributed by atoms with Gasteiger partial charge in [-0.25, -0.2) is 4.79 Å². The van der Waals surface area contributed by atoms with Crippen LogP contribution in [0.15, 0.2) is 41.0 Å². The number of nitrogens with one attached hydrogen (secondary N) is 1. The van der Waals surface area contributed by atoms with Gasteiger partial charge in [0.25, 0.3) is 11.6 Å². The van der Waals surface area contributed by atoms with Crippen LogP contribution in [-0.4, -0.2) is 23.4 Å². The first-order valence-electron chi connectivity index (χ1n) is 6.69. The molecule has 0 saturated heterocycles. The third kappa shape index (κ3) is 4.16. The summed E-state index contributed by atoms with van der Waals surface area (Å²) in [4.78, 5) is 33.8. The highest BCUT2D eigenvalue weighted by atomic mass is 16.6. The van der Waals surface area contributed by atoms with Gasteiger partial charge in [0.2, 0.25) is 0 Å². The average molecular weight is 318 g/mol. The van der Waals surface area contributed by atoms with Crippen LogP contribution in [0.5, 0.6) is 0 Å². The molecule has 8 nitrogen and oxygen atoms in total. The zero-order valence-corrected chi connectivity index (χ0v) is 12.3. The number of amides is 1. The summed E-state index contributed by atoms with van der Waals surface area (Å²) in [5, 5.41) is 13.4. The van der Waals surface area contributed by atoms with Crippen LogP contribution >= 0.6 is 0 Å². The van der Waals surface area contributed by atoms with Crippen LogP contribution in [0.3, 0.4) is 0 Å². The van der Waals surface area contributed by atoms with E-state index < -0.39 is 23.4 Å². The van der Waals surface area contributed by atoms with Crippen molar-refractivity contribution >= 4 is 17.6 Å². The fourth-order valence-corrected chi connectivity index (χ4v) is 1.90. The molecule has 0 atom stereocenters. The lowest BCUT2D eigenvalue weighted by Crippen LogP contribution is -2.28. The van der Waals surface area contributed by atoms with Crippen LogP contribution in [-0.2, 0) is 16.1 Å². The lowest BCUT2D eigenvalue weighted by molar-refractivity contribution is -0.385. The molecule has 1 heterocycles. The third-order valence-corrected chi connectivity index (χ3v) is 3.10. The van der Waals surface area contributed by atoms with E-state index in [9.17, 15) is 19.7 Å². The summed E-state index contributed by atoms with van der Waals surface area (Å²) in [5.41, 5.74) is 0.0678. The number of nitro benzene ring substituents is 1. The summed E-state index contributed by atoms with van der Waals surface area (Å²) in [7, 11) is 0. The van der Waals surface area contributed by atoms with Crippen molar-refractivity contribution < 1.29 is 23.7 Å². The van der Waals surface area contributed by atoms with E-state index in [-0.39, 0.29) is 23.4 Å². The monoisotopic (exact) mass is 318 g/mol. The summed E-state index contributed by atoms with van der Waals surface area (Å²) in [6.45, 7) is 1.15. The topological polar surface area (TPSA) is 112 Å². The van der Waals surface area contributed by atoms with Crippen molar-refractivity contribution in [3.8, 4) is 0 Å². The van der Waals surface area contributed by atoms with E-state index in [1.807, 2.05) is 0 Å². The molecule has 0 aliphatic rings. The van der Waals surface area contributed by atoms with Gasteiger partial charge in [-0.3, -0.25) is 14.9 Å². The summed E-state index contributed by atoms with van der Waals surface area (Å²) in [5.74, 6) is -0.726. The highest BCUT2D eigenvalue weighted by Gasteiger charge is 2.19. The van der Waals surface area contributed by atoms with E-state index >= 15 is 0 Å². The number of nitrogens with zero attached hydrogens (tertiary/aromatic N) is 1. The van der Waals surface area contributed by atoms with Gasteiger partial charge in [-0.1, -0.05) is 6.07 Å². The standard InChI is InChI=1S/C15H14N2O6/c1-10-12(5-2-6-13(10)17(20)21)15(19)23-9-14(18)16-8-11-4-3-7-22-11/h2-7H,8-9H2,1H3,(H,16,18). The Kier molecular flexibility index (Phi) is 5.08. The lowest BCUT2D eigenvalue weighted by Gasteiger charge is -2.07. The molecule has 0 aliphatic heterocycles. The van der Waals surface area contributed by atoms with E-state index in [1.54, 1.807) is 12.1 Å². The molecule has 1 amide bonds. The molecule has 1 aromatic heterocycles. The first-order valence-corrected chi connectivity index (χ1v) is 6.69. The Labute approximate surface area is 131 Å². The van der Waals surface area contributed by atoms with E-state index in [2.05, 4.69) is 5.32 Å². The maximum Gasteiger partial charge on any atom is 0.339 e. The number of rotatable bonds is 6. The van der Waals surface area contributed by atoms with Crippen molar-refractivity contribution in [1.29, 1.82) is 0 Å². The number of furan rings is 1. The Morgan fingerprint density at radius 2 is 2.09 bits per heavy atom. The molecule has 0 bridgehead atoms. The van der Waals surface area contributed by atoms with Gasteiger partial charge in [0.05, 0.1) is 23.3 Å². The van der Waals surface area contributed by atoms with E-state index in [1.165, 1.54) is 31.4 Å². The molecule has 2 aromatic rings. The third-order valence-electron chi connectivity index (χ3n) is 3.10. The summed E-state index contributed by atoms with van der Waals surface area (Å²) in [6, 6.07) is 7.47. The largest absolute Gasteiger partial charge is 0.467 e. The Morgan fingerprint density at radius 3 is 2.74 bits per heavy atom. The predicted molar refractivity (Wildman–Crippen MR) is 78.7 cm³/mol. The van der Waals surface area contributed by atoms with Gasteiger partial charge in [-0.15, -0.1) is 0 Å². The van der Waals surface area contributed by atoms with Crippen molar-refractivity contribution in [2.24, 2.45) is 0 Å². The van der Waals surface area contributed by atoms with Gasteiger partial charge in [0.15, 0.2) is 6.61 Å². The molecule has 2 rings (SSSR count). The lowest BCUT2D eigenvalue weighted by atomic mass is 10.1. The SMILES string of the molecule is Cc1c(C(=O)OCC(=O)NCc2ccco2)cccc1[N+](=O)[O-]. The van der Waals surface area contributed by atoms with Crippen LogP contribution < -0.4 is 5.32 Å². The van der Waals surface area contributed by atoms with Crippen LogP contribution in [0.25, 0.3) is 0 Å². The number of hydrogen-bond donors (Lipinski definition) is 1. The number of nitro groups is 1. The van der Waals surface area contributed by atoms with Crippen LogP contribution in [0.1, 0.15) is 21.7 Å². The van der Waals surface area contributed by atoms with E-state index in [0.717, 1.165) is 0 Å². The quantitative estimate of drug-likeness (QED) is 0.495. The summed E-state index contributed by atoms with van der Waals surface area (Å²) in [6.07, 6.45) is 1.48. The predicted octanol–water partition coefficient (Wildman–Crippen LogP) is 1.97. The second kappa shape index (κ2) is 7.21. The molecule has 0 aliphatic carbocycles. The molecular formula is C15H14N2O6. The van der Waals surface area contributed by atoms with Crippen LogP contribution in [0.2, 0.25) is 0 Å². The molecule has 0 saturated carbocycles. The summed E-state index contributed by atoms with van der Waals surface area (Å²) < 4.78 is 9.91. The maximum absolute atomic E-state index is 11.9. The molecule has 1 aromatic carbocycles. The minimum absolute atomic E-state index is 0.0537. The molecule has 23 heavy (non-hydrogen) atoms. The van der Waals surface area contributed by atoms with Crippen molar-refractivity contribution in [2.45, 2.75) is 13.5 Å². The molecule has 0 radical (unpaired) electrons. The number of carbonyl (C=O) groups excluding carboxylic acids is 2. The van der Waals surface area contributed by atoms with Gasteiger partial charge in [0, 0.05) is 11.6 Å². The minimum atomic E-state index is -0.792. The Balaban J connectivity index is 1.91. The minimum Gasteiger partial charge on any atom is -0.467 e. The van der Waals surface area contributed by atoms with Crippen molar-refractivity contribution in [3.63, 3.8) is 0 Å². The van der Waals surface area contributed by atoms with E-state index in [4.69, 9.17) is 9.15 Å². The van der Waals surface area contributed by atoms with Gasteiger partial charge >= 0.3 is 5.97 Å². The van der Waals surface area contributed by atoms with E-state index in [0.29, 0.717) is 5.76 Å². The fourth-order valence-electron chi connectivity index (χ4n) is 1.90. The number of benzene rings is 1. The molecule has 0 unspecified atom stereocenters. The van der Waals surface area contributed by atoms with Crippen molar-refractivity contribution in [2.75, 3.05) is 6.61 Å². The molecule has 0 spiro atoms. The Morgan fingerprint density at radius 1 is 1.30 bits per heavy atom. The molecule has 120 valence electrons. The number of hydrogen-bond acceptors (Lipinski definition) is 6. The van der Waals surface area contributed by atoms with Gasteiger partial charge < -0.3 is 14.5 Å². The summed E-state index contributed by atoms with van der Waals surface area (Å²) >= 11 is 0. The fraction of sp³-hybridized carbons (Fsp3) is 0.200. The number of carbonyl (C=O) groups is 2. The number of ether oxygens (including phenoxy) is 1. The highest BCUT2D eigenvalue weighted by Crippen LogP contribution is 2.21. The zero-order chi connectivity index (χ0) is 16.8. The first-order chi connectivity index (χ1) is 11.0. The van der Waals surface area contributed by atoms with Crippen molar-refractivity contribution in [1.82, 2.24) is 5.32 Å². The molecule has 1 N–H and O–H groups in total. The van der Waals surface area contributed by atoms with Crippen LogP contribution in [0.4, 0.5) is 5.69 Å². The van der Waals surface area contributed by atoms with Crippen LogP contribution in [0, 0.1) is 17.0 Å². The maximum atomic E-state index is 11.9. The molecular weight excluding hydrogens is 304 g/mol. The Hall–Kier alpha value is -3.16. The van der Waals surface area contributed by atoms with Gasteiger partial charge in [-0.2, -0.15) is 0 Å². The van der Waals surface area contributed by atoms with Crippen molar-refractivity contribution in [3.05, 3.63) is 63.6 Å². The molecule has 8 heteroatoms. The average Bonchev–Trinajstić information content (AvgIpc) is 3.04. The molecule has 0 fully saturated rings. The smallest absolute Gasteiger partial charge is 0.339 e. The Bertz CT molecular complexity index is 724. The van der Waals surface area contributed by atoms with Gasteiger partial charge in [-0.05, 0) is 25.1 Å². The second-order valence-electron chi connectivity index (χ2n) is 4.64. The first kappa shape index (κ1) is 16.2. The normalized spacial score (nSPS) is 10.1. The van der Waals surface area contributed by atoms with Gasteiger partial charge in [0.1, 0.15) is 5.76 Å². The number of esters is 1. The second-order valence-corrected chi connectivity index (χ2v) is 4.64.